The van der Waals surface area contributed by atoms with Gasteiger partial charge in [0.2, 0.25) is 0 Å². The number of Topliss-reactive ketones (excluding diaryl/α,β-unsaturated/α-hetero) is 1. The molecule has 0 amide bonds. The van der Waals surface area contributed by atoms with E-state index in [4.69, 9.17) is 0 Å². The van der Waals surface area contributed by atoms with Gasteiger partial charge in [-0.05, 0) is 38.1 Å². The zero-order chi connectivity index (χ0) is 14.5. The summed E-state index contributed by atoms with van der Waals surface area (Å²) < 4.78 is 1.02. The van der Waals surface area contributed by atoms with Crippen LogP contribution in [0.25, 0.3) is 0 Å². The lowest BCUT2D eigenvalue weighted by molar-refractivity contribution is -0.129. The summed E-state index contributed by atoms with van der Waals surface area (Å²) in [7, 11) is 0. The second kappa shape index (κ2) is 7.20. The van der Waals surface area contributed by atoms with Crippen molar-refractivity contribution in [3.8, 4) is 0 Å². The van der Waals surface area contributed by atoms with Crippen molar-refractivity contribution >= 4 is 21.7 Å². The molecule has 0 heterocycles. The summed E-state index contributed by atoms with van der Waals surface area (Å²) in [5.74, 6) is 0.297. The Morgan fingerprint density at radius 2 is 1.79 bits per heavy atom. The quantitative estimate of drug-likeness (QED) is 0.753. The van der Waals surface area contributed by atoms with Crippen LogP contribution in [-0.2, 0) is 11.2 Å². The van der Waals surface area contributed by atoms with E-state index in [1.807, 2.05) is 24.3 Å². The van der Waals surface area contributed by atoms with Crippen LogP contribution in [0.5, 0.6) is 0 Å². The van der Waals surface area contributed by atoms with E-state index in [1.54, 1.807) is 0 Å². The van der Waals surface area contributed by atoms with Gasteiger partial charge in [-0.3, -0.25) is 9.69 Å². The minimum Gasteiger partial charge on any atom is -0.297 e. The first-order chi connectivity index (χ1) is 8.99. The molecule has 0 aliphatic carbocycles. The van der Waals surface area contributed by atoms with Gasteiger partial charge in [0, 0.05) is 10.9 Å². The molecule has 19 heavy (non-hydrogen) atoms. The van der Waals surface area contributed by atoms with Gasteiger partial charge in [0.15, 0.2) is 5.78 Å². The predicted molar refractivity (Wildman–Crippen MR) is 84.5 cm³/mol. The second-order valence-corrected chi connectivity index (χ2v) is 5.85. The Labute approximate surface area is 125 Å². The third-order valence-electron chi connectivity index (χ3n) is 4.06. The van der Waals surface area contributed by atoms with Gasteiger partial charge < -0.3 is 0 Å². The normalized spacial score (nSPS) is 14.4. The number of likely N-dealkylation sites (N-methyl/N-ethyl adjacent to an activating group) is 1. The van der Waals surface area contributed by atoms with Crippen LogP contribution in [0, 0.1) is 0 Å². The maximum absolute atomic E-state index is 12.7. The Hall–Kier alpha value is -0.670. The van der Waals surface area contributed by atoms with Crippen LogP contribution in [0.4, 0.5) is 0 Å². The maximum Gasteiger partial charge on any atom is 0.157 e. The molecule has 1 aromatic carbocycles. The molecule has 0 saturated heterocycles. The van der Waals surface area contributed by atoms with Crippen LogP contribution in [0.3, 0.4) is 0 Å². The number of halogens is 1. The molecular formula is C16H24BrNO. The molecule has 2 nitrogen and oxygen atoms in total. The van der Waals surface area contributed by atoms with Crippen molar-refractivity contribution in [2.24, 2.45) is 0 Å². The van der Waals surface area contributed by atoms with E-state index in [-0.39, 0.29) is 5.54 Å². The largest absolute Gasteiger partial charge is 0.297 e. The first-order valence-electron chi connectivity index (χ1n) is 7.01. The van der Waals surface area contributed by atoms with Gasteiger partial charge in [-0.15, -0.1) is 0 Å². The second-order valence-electron chi connectivity index (χ2n) is 4.99. The fourth-order valence-electron chi connectivity index (χ4n) is 2.52. The monoisotopic (exact) mass is 325 g/mol. The highest BCUT2D eigenvalue weighted by molar-refractivity contribution is 9.10. The lowest BCUT2D eigenvalue weighted by Gasteiger charge is -2.38. The van der Waals surface area contributed by atoms with Gasteiger partial charge >= 0.3 is 0 Å². The van der Waals surface area contributed by atoms with Crippen molar-refractivity contribution in [3.63, 3.8) is 0 Å². The third-order valence-corrected chi connectivity index (χ3v) is 4.83. The number of hydrogen-bond donors (Lipinski definition) is 0. The van der Waals surface area contributed by atoms with E-state index in [9.17, 15) is 4.79 Å². The zero-order valence-corrected chi connectivity index (χ0v) is 14.0. The molecule has 0 aliphatic rings. The van der Waals surface area contributed by atoms with Gasteiger partial charge in [0.25, 0.3) is 0 Å². The molecule has 0 fully saturated rings. The fourth-order valence-corrected chi connectivity index (χ4v) is 2.95. The average molecular weight is 326 g/mol. The first-order valence-corrected chi connectivity index (χ1v) is 7.80. The molecule has 3 heteroatoms. The number of benzene rings is 1. The fraction of sp³-hybridized carbons (Fsp3) is 0.562. The molecule has 0 radical (unpaired) electrons. The highest BCUT2D eigenvalue weighted by atomic mass is 79.9. The average Bonchev–Trinajstić information content (AvgIpc) is 2.42. The number of hydrogen-bond acceptors (Lipinski definition) is 2. The number of rotatable bonds is 7. The number of carbonyl (C=O) groups excluding carboxylic acids is 1. The topological polar surface area (TPSA) is 20.3 Å². The predicted octanol–water partition coefficient (Wildman–Crippen LogP) is 4.07. The van der Waals surface area contributed by atoms with Crippen LogP contribution in [0.2, 0.25) is 0 Å². The van der Waals surface area contributed by atoms with E-state index in [2.05, 4.69) is 48.5 Å². The Balaban J connectivity index is 2.94. The SMILES string of the molecule is CCN(CC)C(C)(CC)C(=O)Cc1ccccc1Br. The van der Waals surface area contributed by atoms with Gasteiger partial charge in [0.05, 0.1) is 5.54 Å². The molecule has 0 N–H and O–H groups in total. The summed E-state index contributed by atoms with van der Waals surface area (Å²) in [5, 5.41) is 0. The summed E-state index contributed by atoms with van der Waals surface area (Å²) in [6.45, 7) is 10.2. The molecule has 0 aromatic heterocycles. The smallest absolute Gasteiger partial charge is 0.157 e. The first kappa shape index (κ1) is 16.4. The van der Waals surface area contributed by atoms with Crippen LogP contribution in [-0.4, -0.2) is 29.3 Å². The molecule has 0 bridgehead atoms. The lowest BCUT2D eigenvalue weighted by Crippen LogP contribution is -2.52. The van der Waals surface area contributed by atoms with Gasteiger partial charge in [0.1, 0.15) is 0 Å². The van der Waals surface area contributed by atoms with Gasteiger partial charge in [-0.2, -0.15) is 0 Å². The number of carbonyl (C=O) groups is 1. The highest BCUT2D eigenvalue weighted by Crippen LogP contribution is 2.24. The molecule has 1 atom stereocenters. The third kappa shape index (κ3) is 3.67. The van der Waals surface area contributed by atoms with Crippen LogP contribution >= 0.6 is 15.9 Å². The molecule has 106 valence electrons. The van der Waals surface area contributed by atoms with Crippen molar-refractivity contribution < 1.29 is 4.79 Å². The standard InChI is InChI=1S/C16H24BrNO/c1-5-16(4,18(6-2)7-3)15(19)12-13-10-8-9-11-14(13)17/h8-11H,5-7,12H2,1-4H3. The van der Waals surface area contributed by atoms with Crippen LogP contribution < -0.4 is 0 Å². The molecule has 0 aliphatic heterocycles. The molecular weight excluding hydrogens is 302 g/mol. The Bertz CT molecular complexity index is 429. The van der Waals surface area contributed by atoms with Crippen LogP contribution in [0.15, 0.2) is 28.7 Å². The van der Waals surface area contributed by atoms with Crippen molar-refractivity contribution in [2.75, 3.05) is 13.1 Å². The molecule has 0 spiro atoms. The number of nitrogens with zero attached hydrogens (tertiary/aromatic N) is 1. The van der Waals surface area contributed by atoms with Gasteiger partial charge in [-0.1, -0.05) is 54.9 Å². The Morgan fingerprint density at radius 3 is 2.26 bits per heavy atom. The zero-order valence-electron chi connectivity index (χ0n) is 12.4. The van der Waals surface area contributed by atoms with E-state index < -0.39 is 0 Å². The van der Waals surface area contributed by atoms with E-state index in [0.717, 1.165) is 29.5 Å². The van der Waals surface area contributed by atoms with E-state index >= 15 is 0 Å². The van der Waals surface area contributed by atoms with Crippen molar-refractivity contribution in [2.45, 2.75) is 46.1 Å². The molecule has 1 unspecified atom stereocenters. The van der Waals surface area contributed by atoms with E-state index in [1.165, 1.54) is 0 Å². The lowest BCUT2D eigenvalue weighted by atomic mass is 9.87. The molecule has 1 rings (SSSR count). The van der Waals surface area contributed by atoms with Crippen molar-refractivity contribution in [1.29, 1.82) is 0 Å². The van der Waals surface area contributed by atoms with Crippen molar-refractivity contribution in [1.82, 2.24) is 4.90 Å². The number of ketones is 1. The van der Waals surface area contributed by atoms with E-state index in [0.29, 0.717) is 12.2 Å². The highest BCUT2D eigenvalue weighted by Gasteiger charge is 2.35. The summed E-state index contributed by atoms with van der Waals surface area (Å²) in [4.78, 5) is 15.0. The molecule has 1 aromatic rings. The summed E-state index contributed by atoms with van der Waals surface area (Å²) in [6.07, 6.45) is 1.33. The summed E-state index contributed by atoms with van der Waals surface area (Å²) in [5.41, 5.74) is 0.707. The van der Waals surface area contributed by atoms with Crippen LogP contribution in [0.1, 0.15) is 39.7 Å². The summed E-state index contributed by atoms with van der Waals surface area (Å²) in [6, 6.07) is 7.96. The Kier molecular flexibility index (Phi) is 6.21. The minimum atomic E-state index is -0.362. The molecule has 0 saturated carbocycles. The van der Waals surface area contributed by atoms with Gasteiger partial charge in [-0.25, -0.2) is 0 Å². The Morgan fingerprint density at radius 1 is 1.21 bits per heavy atom. The minimum absolute atomic E-state index is 0.297. The van der Waals surface area contributed by atoms with Crippen molar-refractivity contribution in [3.05, 3.63) is 34.3 Å². The summed E-state index contributed by atoms with van der Waals surface area (Å²) >= 11 is 3.52. The maximum atomic E-state index is 12.7.